The van der Waals surface area contributed by atoms with E-state index in [1.807, 2.05) is 0 Å². The van der Waals surface area contributed by atoms with E-state index in [2.05, 4.69) is 30.9 Å². The minimum atomic E-state index is -2.59. The number of rotatable bonds is 7. The standard InChI is InChI=1S/C19H18FN7O4/c1-27-8-21-17(26-27)11-5-10(20)6-13(16(11)31-2)22-12-7-14(23-18(28)9-3-4-9)24-25-15(12)19(29)30/h5-9H,3-4H2,1-2H3,(H,29,30)(H2,22,23,24,28)/i1D3. The molecule has 0 radical (unpaired) electrons. The smallest absolute Gasteiger partial charge is 0.358 e. The lowest BCUT2D eigenvalue weighted by Gasteiger charge is -2.16. The van der Waals surface area contributed by atoms with Crippen molar-refractivity contribution in [1.29, 1.82) is 0 Å². The molecule has 0 atom stereocenters. The van der Waals surface area contributed by atoms with Crippen LogP contribution in [-0.4, -0.2) is 49.1 Å². The van der Waals surface area contributed by atoms with E-state index in [4.69, 9.17) is 8.85 Å². The van der Waals surface area contributed by atoms with Crippen LogP contribution in [0.4, 0.5) is 21.6 Å². The van der Waals surface area contributed by atoms with Gasteiger partial charge in [0, 0.05) is 29.1 Å². The van der Waals surface area contributed by atoms with E-state index in [0.717, 1.165) is 31.3 Å². The van der Waals surface area contributed by atoms with Gasteiger partial charge in [0.25, 0.3) is 0 Å². The fourth-order valence-electron chi connectivity index (χ4n) is 2.88. The van der Waals surface area contributed by atoms with Gasteiger partial charge >= 0.3 is 5.97 Å². The number of aromatic carboxylic acids is 1. The molecule has 0 bridgehead atoms. The molecule has 2 aromatic heterocycles. The lowest BCUT2D eigenvalue weighted by Crippen LogP contribution is -2.16. The number of carboxylic acid groups (broad SMARTS) is 1. The predicted molar refractivity (Wildman–Crippen MR) is 107 cm³/mol. The van der Waals surface area contributed by atoms with Crippen LogP contribution < -0.4 is 15.4 Å². The number of carbonyl (C=O) groups is 2. The van der Waals surface area contributed by atoms with Crippen LogP contribution in [-0.2, 0) is 11.8 Å². The number of nitrogens with zero attached hydrogens (tertiary/aromatic N) is 5. The molecule has 1 aromatic carbocycles. The number of hydrogen-bond acceptors (Lipinski definition) is 8. The largest absolute Gasteiger partial charge is 0.494 e. The molecule has 0 unspecified atom stereocenters. The number of ether oxygens (including phenoxy) is 1. The fourth-order valence-corrected chi connectivity index (χ4v) is 2.88. The minimum absolute atomic E-state index is 0.0121. The molecule has 0 aliphatic heterocycles. The second-order valence-corrected chi connectivity index (χ2v) is 6.73. The second kappa shape index (κ2) is 7.97. The first-order valence-corrected chi connectivity index (χ1v) is 9.05. The van der Waals surface area contributed by atoms with Crippen LogP contribution >= 0.6 is 0 Å². The van der Waals surface area contributed by atoms with Crippen molar-refractivity contribution < 1.29 is 27.9 Å². The number of amides is 1. The Morgan fingerprint density at radius 1 is 1.29 bits per heavy atom. The lowest BCUT2D eigenvalue weighted by atomic mass is 10.1. The van der Waals surface area contributed by atoms with E-state index in [0.29, 0.717) is 4.68 Å². The van der Waals surface area contributed by atoms with Crippen LogP contribution in [0.25, 0.3) is 11.4 Å². The van der Waals surface area contributed by atoms with Crippen LogP contribution in [0.5, 0.6) is 5.75 Å². The molecule has 0 spiro atoms. The summed E-state index contributed by atoms with van der Waals surface area (Å²) < 4.78 is 42.8. The zero-order valence-corrected chi connectivity index (χ0v) is 16.1. The van der Waals surface area contributed by atoms with Gasteiger partial charge in [-0.15, -0.1) is 10.2 Å². The molecule has 1 saturated carbocycles. The Balaban J connectivity index is 1.74. The first-order chi connectivity index (χ1) is 16.1. The highest BCUT2D eigenvalue weighted by molar-refractivity contribution is 5.96. The van der Waals surface area contributed by atoms with Gasteiger partial charge in [0.15, 0.2) is 23.1 Å². The first-order valence-electron chi connectivity index (χ1n) is 10.6. The number of aromatic nitrogens is 5. The molecule has 1 fully saturated rings. The monoisotopic (exact) mass is 430 g/mol. The molecule has 1 aliphatic rings. The Labute approximate surface area is 179 Å². The molecule has 3 N–H and O–H groups in total. The number of aryl methyl sites for hydroxylation is 1. The van der Waals surface area contributed by atoms with Crippen LogP contribution in [0.2, 0.25) is 0 Å². The van der Waals surface area contributed by atoms with Crippen molar-refractivity contribution in [2.24, 2.45) is 12.9 Å². The number of benzene rings is 1. The summed E-state index contributed by atoms with van der Waals surface area (Å²) >= 11 is 0. The topological polar surface area (TPSA) is 144 Å². The third-order valence-corrected chi connectivity index (χ3v) is 4.46. The maximum atomic E-state index is 14.5. The highest BCUT2D eigenvalue weighted by Gasteiger charge is 2.30. The maximum absolute atomic E-state index is 14.5. The van der Waals surface area contributed by atoms with E-state index in [1.165, 1.54) is 13.2 Å². The Morgan fingerprint density at radius 3 is 2.74 bits per heavy atom. The first kappa shape index (κ1) is 16.7. The SMILES string of the molecule is [2H]C([2H])([2H])n1cnc(-c2cc(F)cc(Nc3cc(NC(=O)C4CC4)nnc3C(=O)O)c2OC)n1. The molecule has 1 aliphatic carbocycles. The van der Waals surface area contributed by atoms with Crippen molar-refractivity contribution in [1.82, 2.24) is 25.0 Å². The summed E-state index contributed by atoms with van der Waals surface area (Å²) in [6.07, 6.45) is 2.49. The van der Waals surface area contributed by atoms with Gasteiger partial charge in [-0.2, -0.15) is 5.10 Å². The van der Waals surface area contributed by atoms with E-state index in [9.17, 15) is 19.1 Å². The molecule has 2 heterocycles. The molecule has 160 valence electrons. The maximum Gasteiger partial charge on any atom is 0.358 e. The molecule has 0 saturated heterocycles. The van der Waals surface area contributed by atoms with Gasteiger partial charge in [0.1, 0.15) is 12.1 Å². The highest BCUT2D eigenvalue weighted by atomic mass is 19.1. The summed E-state index contributed by atoms with van der Waals surface area (Å²) in [5.74, 6) is -2.65. The van der Waals surface area contributed by atoms with Gasteiger partial charge in [-0.1, -0.05) is 0 Å². The number of methoxy groups -OCH3 is 1. The lowest BCUT2D eigenvalue weighted by molar-refractivity contribution is -0.117. The highest BCUT2D eigenvalue weighted by Crippen LogP contribution is 2.38. The van der Waals surface area contributed by atoms with E-state index < -0.39 is 24.5 Å². The Hall–Kier alpha value is -4.09. The summed E-state index contributed by atoms with van der Waals surface area (Å²) in [5, 5.41) is 26.0. The molecular weight excluding hydrogens is 409 g/mol. The van der Waals surface area contributed by atoms with E-state index in [-0.39, 0.29) is 46.2 Å². The van der Waals surface area contributed by atoms with Gasteiger partial charge < -0.3 is 20.5 Å². The van der Waals surface area contributed by atoms with Crippen molar-refractivity contribution >= 4 is 29.1 Å². The average Bonchev–Trinajstić information content (AvgIpc) is 3.48. The number of carboxylic acids is 1. The normalized spacial score (nSPS) is 14.8. The minimum Gasteiger partial charge on any atom is -0.494 e. The summed E-state index contributed by atoms with van der Waals surface area (Å²) in [4.78, 5) is 27.6. The Bertz CT molecular complexity index is 1280. The van der Waals surface area contributed by atoms with Crippen LogP contribution in [0.15, 0.2) is 24.5 Å². The second-order valence-electron chi connectivity index (χ2n) is 6.73. The summed E-state index contributed by atoms with van der Waals surface area (Å²) in [7, 11) is 1.28. The van der Waals surface area contributed by atoms with Crippen molar-refractivity contribution in [3.8, 4) is 17.1 Å². The third-order valence-electron chi connectivity index (χ3n) is 4.46. The summed E-state index contributed by atoms with van der Waals surface area (Å²) in [6, 6.07) is 3.34. The summed E-state index contributed by atoms with van der Waals surface area (Å²) in [6.45, 7) is -2.59. The molecule has 3 aromatic rings. The number of nitrogens with one attached hydrogen (secondary N) is 2. The van der Waals surface area contributed by atoms with E-state index in [1.54, 1.807) is 0 Å². The molecule has 11 nitrogen and oxygen atoms in total. The van der Waals surface area contributed by atoms with Crippen molar-refractivity contribution in [3.05, 3.63) is 36.0 Å². The number of hydrogen-bond donors (Lipinski definition) is 3. The molecular formula is C19H18FN7O4. The van der Waals surface area contributed by atoms with E-state index >= 15 is 0 Å². The predicted octanol–water partition coefficient (Wildman–Crippen LogP) is 2.21. The van der Waals surface area contributed by atoms with Crippen molar-refractivity contribution in [3.63, 3.8) is 0 Å². The van der Waals surface area contributed by atoms with Crippen LogP contribution in [0.1, 0.15) is 27.4 Å². The Morgan fingerprint density at radius 2 is 2.10 bits per heavy atom. The van der Waals surface area contributed by atoms with Gasteiger partial charge in [-0.25, -0.2) is 14.2 Å². The van der Waals surface area contributed by atoms with Crippen LogP contribution in [0.3, 0.4) is 0 Å². The van der Waals surface area contributed by atoms with Gasteiger partial charge in [-0.3, -0.25) is 9.48 Å². The summed E-state index contributed by atoms with van der Waals surface area (Å²) in [5.41, 5.74) is -0.571. The fraction of sp³-hybridized carbons (Fsp3) is 0.263. The van der Waals surface area contributed by atoms with Crippen LogP contribution in [0, 0.1) is 11.7 Å². The average molecular weight is 430 g/mol. The molecule has 31 heavy (non-hydrogen) atoms. The van der Waals surface area contributed by atoms with Crippen molar-refractivity contribution in [2.75, 3.05) is 17.7 Å². The van der Waals surface area contributed by atoms with Crippen molar-refractivity contribution in [2.45, 2.75) is 12.8 Å². The van der Waals surface area contributed by atoms with Gasteiger partial charge in [-0.05, 0) is 18.9 Å². The third kappa shape index (κ3) is 4.27. The molecule has 12 heteroatoms. The Kier molecular flexibility index (Phi) is 4.29. The van der Waals surface area contributed by atoms with Gasteiger partial charge in [0.05, 0.1) is 24.0 Å². The quantitative estimate of drug-likeness (QED) is 0.514. The van der Waals surface area contributed by atoms with Gasteiger partial charge in [0.2, 0.25) is 5.91 Å². The zero-order chi connectivity index (χ0) is 24.6. The number of halogens is 1. The molecule has 1 amide bonds. The number of carbonyl (C=O) groups excluding carboxylic acids is 1. The molecule has 4 rings (SSSR count). The zero-order valence-electron chi connectivity index (χ0n) is 19.1. The number of anilines is 3.